The Hall–Kier alpha value is -0.400. The van der Waals surface area contributed by atoms with E-state index < -0.39 is 62.3 Å². The van der Waals surface area contributed by atoms with Crippen molar-refractivity contribution in [1.29, 1.82) is 0 Å². The minimum absolute atomic E-state index is 0.0102. The average Bonchev–Trinajstić information content (AvgIpc) is 2.57. The van der Waals surface area contributed by atoms with Gasteiger partial charge in [-0.15, -0.1) is 0 Å². The topological polar surface area (TPSA) is 177 Å². The van der Waals surface area contributed by atoms with Gasteiger partial charge in [0.2, 0.25) is 0 Å². The smallest absolute Gasteiger partial charge is 0.109 e. The van der Waals surface area contributed by atoms with Gasteiger partial charge < -0.3 is 46.2 Å². The number of nitrogens with one attached hydrogen (secondary N) is 1. The molecule has 1 fully saturated rings. The summed E-state index contributed by atoms with van der Waals surface area (Å²) >= 11 is 0. The largest absolute Gasteiger partial charge is 0.395 e. The lowest BCUT2D eigenvalue weighted by atomic mass is 9.86. The van der Waals surface area contributed by atoms with Crippen molar-refractivity contribution in [3.8, 4) is 0 Å². The number of hydrogen-bond donors (Lipinski definition) is 9. The van der Waals surface area contributed by atoms with E-state index in [1.807, 2.05) is 0 Å². The second-order valence-electron chi connectivity index (χ2n) is 5.73. The maximum absolute atomic E-state index is 10.2. The molecule has 0 aromatic heterocycles. The summed E-state index contributed by atoms with van der Waals surface area (Å²) < 4.78 is 0. The molecule has 0 spiro atoms. The van der Waals surface area contributed by atoms with E-state index in [-0.39, 0.29) is 19.8 Å². The van der Waals surface area contributed by atoms with Crippen molar-refractivity contribution >= 4 is 0 Å². The van der Waals surface area contributed by atoms with Crippen LogP contribution in [0.15, 0.2) is 0 Å². The van der Waals surface area contributed by atoms with Gasteiger partial charge in [0.05, 0.1) is 63.3 Å². The van der Waals surface area contributed by atoms with Gasteiger partial charge in [-0.25, -0.2) is 0 Å². The van der Waals surface area contributed by atoms with E-state index in [2.05, 4.69) is 5.32 Å². The molecule has 0 bridgehead atoms. The van der Waals surface area contributed by atoms with Crippen LogP contribution >= 0.6 is 0 Å². The molecule has 0 aromatic rings. The summed E-state index contributed by atoms with van der Waals surface area (Å²) in [5.41, 5.74) is 0. The van der Waals surface area contributed by atoms with Gasteiger partial charge in [-0.3, -0.25) is 4.90 Å². The highest BCUT2D eigenvalue weighted by molar-refractivity contribution is 5.03. The molecule has 23 heavy (non-hydrogen) atoms. The Kier molecular flexibility index (Phi) is 8.79. The van der Waals surface area contributed by atoms with Gasteiger partial charge in [0.25, 0.3) is 0 Å². The molecule has 5 unspecified atom stereocenters. The SMILES string of the molecule is OCC(CO)NCC1C(O)C(O)C(O)C(CO)N1C(CO)CO. The van der Waals surface area contributed by atoms with Crippen molar-refractivity contribution < 1.29 is 40.9 Å². The predicted octanol–water partition coefficient (Wildman–Crippen LogP) is -5.59. The van der Waals surface area contributed by atoms with Crippen LogP contribution in [0.25, 0.3) is 0 Å². The van der Waals surface area contributed by atoms with Crippen molar-refractivity contribution in [2.75, 3.05) is 39.6 Å². The van der Waals surface area contributed by atoms with Crippen LogP contribution in [-0.4, -0.2) is 128 Å². The van der Waals surface area contributed by atoms with E-state index in [4.69, 9.17) is 10.2 Å². The molecule has 1 heterocycles. The van der Waals surface area contributed by atoms with Crippen LogP contribution in [0, 0.1) is 0 Å². The molecule has 10 heteroatoms. The quantitative estimate of drug-likeness (QED) is 0.197. The highest BCUT2D eigenvalue weighted by atomic mass is 16.4. The number of aliphatic hydroxyl groups is 8. The molecule has 138 valence electrons. The summed E-state index contributed by atoms with van der Waals surface area (Å²) in [7, 11) is 0. The molecule has 9 N–H and O–H groups in total. The lowest BCUT2D eigenvalue weighted by molar-refractivity contribution is -0.187. The minimum Gasteiger partial charge on any atom is -0.395 e. The number of piperidine rings is 1. The molecule has 1 aliphatic heterocycles. The Morgan fingerprint density at radius 1 is 0.739 bits per heavy atom. The van der Waals surface area contributed by atoms with Crippen LogP contribution in [-0.2, 0) is 0 Å². The zero-order chi connectivity index (χ0) is 17.6. The van der Waals surface area contributed by atoms with Crippen LogP contribution in [0.2, 0.25) is 0 Å². The summed E-state index contributed by atoms with van der Waals surface area (Å²) in [6.07, 6.45) is -4.40. The third kappa shape index (κ3) is 4.57. The van der Waals surface area contributed by atoms with E-state index in [1.165, 1.54) is 4.90 Å². The van der Waals surface area contributed by atoms with Crippen LogP contribution < -0.4 is 5.32 Å². The number of likely N-dealkylation sites (tertiary alicyclic amines) is 1. The molecule has 5 atom stereocenters. The standard InChI is InChI=1S/C13H28N2O8/c16-2-7(3-17)14-1-9-11(21)13(23)12(22)10(6-20)15(9)8(4-18)5-19/h7-14,16-23H,1-6H2. The maximum Gasteiger partial charge on any atom is 0.109 e. The molecule has 10 nitrogen and oxygen atoms in total. The molecule has 1 aliphatic rings. The monoisotopic (exact) mass is 340 g/mol. The van der Waals surface area contributed by atoms with Gasteiger partial charge in [0.15, 0.2) is 0 Å². The summed E-state index contributed by atoms with van der Waals surface area (Å²) in [5, 5.41) is 79.5. The third-order valence-corrected chi connectivity index (χ3v) is 4.34. The van der Waals surface area contributed by atoms with Crippen molar-refractivity contribution in [1.82, 2.24) is 10.2 Å². The summed E-state index contributed by atoms with van der Waals surface area (Å²) in [6, 6.07) is -3.37. The number of hydrogen-bond acceptors (Lipinski definition) is 10. The average molecular weight is 340 g/mol. The summed E-state index contributed by atoms with van der Waals surface area (Å²) in [4.78, 5) is 1.36. The summed E-state index contributed by atoms with van der Waals surface area (Å²) in [6.45, 7) is -2.23. The Morgan fingerprint density at radius 2 is 1.26 bits per heavy atom. The molecule has 1 rings (SSSR count). The first kappa shape index (κ1) is 20.6. The Labute approximate surface area is 134 Å². The van der Waals surface area contributed by atoms with E-state index in [0.717, 1.165) is 0 Å². The van der Waals surface area contributed by atoms with E-state index in [9.17, 15) is 30.6 Å². The number of aliphatic hydroxyl groups excluding tert-OH is 8. The third-order valence-electron chi connectivity index (χ3n) is 4.34. The fraction of sp³-hybridized carbons (Fsp3) is 1.00. The van der Waals surface area contributed by atoms with Crippen molar-refractivity contribution in [3.05, 3.63) is 0 Å². The maximum atomic E-state index is 10.2. The Morgan fingerprint density at radius 3 is 1.70 bits per heavy atom. The minimum atomic E-state index is -1.52. The second-order valence-corrected chi connectivity index (χ2v) is 5.73. The molecular weight excluding hydrogens is 312 g/mol. The van der Waals surface area contributed by atoms with Crippen LogP contribution in [0.4, 0.5) is 0 Å². The molecular formula is C13H28N2O8. The van der Waals surface area contributed by atoms with E-state index in [0.29, 0.717) is 0 Å². The van der Waals surface area contributed by atoms with Crippen LogP contribution in [0.5, 0.6) is 0 Å². The van der Waals surface area contributed by atoms with Crippen molar-refractivity contribution in [2.24, 2.45) is 0 Å². The highest BCUT2D eigenvalue weighted by Crippen LogP contribution is 2.26. The first-order chi connectivity index (χ1) is 11.0. The van der Waals surface area contributed by atoms with Gasteiger partial charge in [0.1, 0.15) is 12.2 Å². The zero-order valence-electron chi connectivity index (χ0n) is 12.8. The van der Waals surface area contributed by atoms with Gasteiger partial charge in [-0.05, 0) is 0 Å². The lowest BCUT2D eigenvalue weighted by Crippen LogP contribution is -2.72. The number of rotatable bonds is 9. The Bertz CT molecular complexity index is 329. The second kappa shape index (κ2) is 9.79. The predicted molar refractivity (Wildman–Crippen MR) is 78.4 cm³/mol. The molecule has 0 radical (unpaired) electrons. The fourth-order valence-electron chi connectivity index (χ4n) is 2.95. The fourth-order valence-corrected chi connectivity index (χ4v) is 2.95. The van der Waals surface area contributed by atoms with Crippen LogP contribution in [0.3, 0.4) is 0 Å². The molecule has 0 aromatic carbocycles. The van der Waals surface area contributed by atoms with Crippen molar-refractivity contribution in [3.63, 3.8) is 0 Å². The van der Waals surface area contributed by atoms with Gasteiger partial charge >= 0.3 is 0 Å². The molecule has 1 saturated heterocycles. The first-order valence-corrected chi connectivity index (χ1v) is 7.56. The van der Waals surface area contributed by atoms with Crippen LogP contribution in [0.1, 0.15) is 0 Å². The van der Waals surface area contributed by atoms with E-state index >= 15 is 0 Å². The highest BCUT2D eigenvalue weighted by Gasteiger charge is 2.49. The normalized spacial score (nSPS) is 32.9. The molecule has 0 aliphatic carbocycles. The molecule has 0 saturated carbocycles. The van der Waals surface area contributed by atoms with Gasteiger partial charge in [-0.1, -0.05) is 0 Å². The summed E-state index contributed by atoms with van der Waals surface area (Å²) in [5.74, 6) is 0. The van der Waals surface area contributed by atoms with Crippen molar-refractivity contribution in [2.45, 2.75) is 42.5 Å². The lowest BCUT2D eigenvalue weighted by Gasteiger charge is -2.51. The zero-order valence-corrected chi connectivity index (χ0v) is 12.8. The Balaban J connectivity index is 3.01. The van der Waals surface area contributed by atoms with E-state index in [1.54, 1.807) is 0 Å². The molecule has 0 amide bonds. The number of nitrogens with zero attached hydrogens (tertiary/aromatic N) is 1. The van der Waals surface area contributed by atoms with Gasteiger partial charge in [-0.2, -0.15) is 0 Å². The first-order valence-electron chi connectivity index (χ1n) is 7.56. The van der Waals surface area contributed by atoms with Gasteiger partial charge in [0, 0.05) is 6.54 Å².